The molecule has 1 fully saturated rings. The maximum absolute atomic E-state index is 3.59. The second kappa shape index (κ2) is 8.92. The molecule has 0 amide bonds. The highest BCUT2D eigenvalue weighted by Gasteiger charge is 2.26. The molecule has 1 rings (SSSR count). The third-order valence-electron chi connectivity index (χ3n) is 4.78. The van der Waals surface area contributed by atoms with Crippen molar-refractivity contribution in [1.82, 2.24) is 10.2 Å². The van der Waals surface area contributed by atoms with Gasteiger partial charge in [0.2, 0.25) is 0 Å². The van der Waals surface area contributed by atoms with Gasteiger partial charge in [0, 0.05) is 18.6 Å². The first-order chi connectivity index (χ1) is 8.72. The van der Waals surface area contributed by atoms with Crippen molar-refractivity contribution >= 4 is 0 Å². The van der Waals surface area contributed by atoms with Crippen molar-refractivity contribution in [3.63, 3.8) is 0 Å². The summed E-state index contributed by atoms with van der Waals surface area (Å²) in [4.78, 5) is 2.71. The first kappa shape index (κ1) is 16.0. The summed E-state index contributed by atoms with van der Waals surface area (Å²) in [7, 11) is 2.15. The van der Waals surface area contributed by atoms with Crippen LogP contribution in [0.1, 0.15) is 65.7 Å². The smallest absolute Gasteiger partial charge is 0.0220 e. The maximum atomic E-state index is 3.59. The number of hydrogen-bond donors (Lipinski definition) is 1. The molecule has 2 nitrogen and oxygen atoms in total. The van der Waals surface area contributed by atoms with E-state index in [1.807, 2.05) is 0 Å². The standard InChI is InChI=1S/C16H34N2/c1-5-7-12-18(14(3)6-2)13-16(17-4)15-10-8-9-11-15/h14-17H,5-13H2,1-4H3. The fraction of sp³-hybridized carbons (Fsp3) is 1.00. The zero-order valence-corrected chi connectivity index (χ0v) is 13.0. The van der Waals surface area contributed by atoms with E-state index in [0.717, 1.165) is 12.0 Å². The summed E-state index contributed by atoms with van der Waals surface area (Å²) in [6.45, 7) is 9.51. The number of nitrogens with zero attached hydrogens (tertiary/aromatic N) is 1. The Bertz CT molecular complexity index is 199. The van der Waals surface area contributed by atoms with E-state index in [1.54, 1.807) is 0 Å². The topological polar surface area (TPSA) is 15.3 Å². The van der Waals surface area contributed by atoms with Gasteiger partial charge in [-0.25, -0.2) is 0 Å². The summed E-state index contributed by atoms with van der Waals surface area (Å²) in [6, 6.07) is 1.44. The molecule has 108 valence electrons. The Balaban J connectivity index is 2.49. The second-order valence-electron chi connectivity index (χ2n) is 6.05. The highest BCUT2D eigenvalue weighted by Crippen LogP contribution is 2.28. The third-order valence-corrected chi connectivity index (χ3v) is 4.78. The summed E-state index contributed by atoms with van der Waals surface area (Å²) in [5.41, 5.74) is 0. The number of nitrogens with one attached hydrogen (secondary N) is 1. The minimum atomic E-state index is 0.707. The van der Waals surface area contributed by atoms with Crippen LogP contribution < -0.4 is 5.32 Å². The molecular weight excluding hydrogens is 220 g/mol. The molecule has 0 aromatic rings. The molecule has 1 saturated carbocycles. The molecule has 2 atom stereocenters. The minimum absolute atomic E-state index is 0.707. The Labute approximate surface area is 115 Å². The van der Waals surface area contributed by atoms with E-state index in [0.29, 0.717) is 6.04 Å². The summed E-state index contributed by atoms with van der Waals surface area (Å²) < 4.78 is 0. The van der Waals surface area contributed by atoms with Gasteiger partial charge in [-0.2, -0.15) is 0 Å². The van der Waals surface area contributed by atoms with Crippen LogP contribution in [0.4, 0.5) is 0 Å². The normalized spacial score (nSPS) is 20.5. The van der Waals surface area contributed by atoms with Crippen molar-refractivity contribution in [1.29, 1.82) is 0 Å². The lowest BCUT2D eigenvalue weighted by molar-refractivity contribution is 0.162. The van der Waals surface area contributed by atoms with Crippen molar-refractivity contribution < 1.29 is 0 Å². The van der Waals surface area contributed by atoms with E-state index in [9.17, 15) is 0 Å². The van der Waals surface area contributed by atoms with Crippen molar-refractivity contribution in [3.8, 4) is 0 Å². The molecule has 1 aliphatic rings. The van der Waals surface area contributed by atoms with Crippen LogP contribution in [-0.4, -0.2) is 37.1 Å². The number of likely N-dealkylation sites (N-methyl/N-ethyl adjacent to an activating group) is 1. The molecule has 0 spiro atoms. The molecule has 1 aliphatic carbocycles. The summed E-state index contributed by atoms with van der Waals surface area (Å²) in [5.74, 6) is 0.920. The lowest BCUT2D eigenvalue weighted by atomic mass is 9.97. The molecule has 0 aromatic heterocycles. The summed E-state index contributed by atoms with van der Waals surface area (Å²) >= 11 is 0. The number of unbranched alkanes of at least 4 members (excludes halogenated alkanes) is 1. The maximum Gasteiger partial charge on any atom is 0.0220 e. The molecule has 0 saturated heterocycles. The quantitative estimate of drug-likeness (QED) is 0.675. The Morgan fingerprint density at radius 3 is 2.39 bits per heavy atom. The van der Waals surface area contributed by atoms with Gasteiger partial charge in [0.05, 0.1) is 0 Å². The molecule has 0 aliphatic heterocycles. The monoisotopic (exact) mass is 254 g/mol. The van der Waals surface area contributed by atoms with Crippen molar-refractivity contribution in [3.05, 3.63) is 0 Å². The highest BCUT2D eigenvalue weighted by atomic mass is 15.2. The molecular formula is C16H34N2. The SMILES string of the molecule is CCCCN(CC(NC)C1CCCC1)C(C)CC. The predicted octanol–water partition coefficient (Wildman–Crippen LogP) is 3.67. The summed E-state index contributed by atoms with van der Waals surface area (Å²) in [6.07, 6.45) is 9.68. The molecule has 0 radical (unpaired) electrons. The fourth-order valence-corrected chi connectivity index (χ4v) is 3.20. The Morgan fingerprint density at radius 1 is 1.22 bits per heavy atom. The molecule has 0 aromatic carbocycles. The zero-order valence-electron chi connectivity index (χ0n) is 13.0. The molecule has 0 bridgehead atoms. The van der Waals surface area contributed by atoms with E-state index in [2.05, 4.69) is 38.0 Å². The molecule has 2 unspecified atom stereocenters. The minimum Gasteiger partial charge on any atom is -0.315 e. The average molecular weight is 254 g/mol. The van der Waals surface area contributed by atoms with Gasteiger partial charge < -0.3 is 5.32 Å². The first-order valence-electron chi connectivity index (χ1n) is 8.14. The largest absolute Gasteiger partial charge is 0.315 e. The van der Waals surface area contributed by atoms with Gasteiger partial charge in [-0.3, -0.25) is 4.90 Å². The van der Waals surface area contributed by atoms with Crippen LogP contribution in [0.15, 0.2) is 0 Å². The third kappa shape index (κ3) is 4.89. The lowest BCUT2D eigenvalue weighted by Gasteiger charge is -2.34. The first-order valence-corrected chi connectivity index (χ1v) is 8.14. The van der Waals surface area contributed by atoms with E-state index < -0.39 is 0 Å². The van der Waals surface area contributed by atoms with Gasteiger partial charge >= 0.3 is 0 Å². The van der Waals surface area contributed by atoms with Crippen LogP contribution in [0, 0.1) is 5.92 Å². The van der Waals surface area contributed by atoms with Gasteiger partial charge in [0.1, 0.15) is 0 Å². The van der Waals surface area contributed by atoms with Crippen molar-refractivity contribution in [2.75, 3.05) is 20.1 Å². The Morgan fingerprint density at radius 2 is 1.89 bits per heavy atom. The van der Waals surface area contributed by atoms with Gasteiger partial charge in [0.15, 0.2) is 0 Å². The van der Waals surface area contributed by atoms with Crippen LogP contribution in [0.3, 0.4) is 0 Å². The number of rotatable bonds is 9. The van der Waals surface area contributed by atoms with Crippen LogP contribution >= 0.6 is 0 Å². The number of hydrogen-bond acceptors (Lipinski definition) is 2. The van der Waals surface area contributed by atoms with Gasteiger partial charge in [-0.1, -0.05) is 33.1 Å². The Kier molecular flexibility index (Phi) is 7.92. The van der Waals surface area contributed by atoms with Crippen LogP contribution in [0.2, 0.25) is 0 Å². The lowest BCUT2D eigenvalue weighted by Crippen LogP contribution is -2.46. The Hall–Kier alpha value is -0.0800. The van der Waals surface area contributed by atoms with Crippen molar-refractivity contribution in [2.24, 2.45) is 5.92 Å². The van der Waals surface area contributed by atoms with E-state index >= 15 is 0 Å². The van der Waals surface area contributed by atoms with E-state index in [4.69, 9.17) is 0 Å². The van der Waals surface area contributed by atoms with Crippen LogP contribution in [0.5, 0.6) is 0 Å². The van der Waals surface area contributed by atoms with Crippen molar-refractivity contribution in [2.45, 2.75) is 77.8 Å². The predicted molar refractivity (Wildman–Crippen MR) is 81.0 cm³/mol. The van der Waals surface area contributed by atoms with Gasteiger partial charge in [0.25, 0.3) is 0 Å². The van der Waals surface area contributed by atoms with Crippen LogP contribution in [0.25, 0.3) is 0 Å². The summed E-state index contributed by atoms with van der Waals surface area (Å²) in [5, 5.41) is 3.59. The fourth-order valence-electron chi connectivity index (χ4n) is 3.20. The van der Waals surface area contributed by atoms with Gasteiger partial charge in [-0.05, 0) is 52.1 Å². The molecule has 2 heteroatoms. The van der Waals surface area contributed by atoms with E-state index in [1.165, 1.54) is 58.0 Å². The van der Waals surface area contributed by atoms with Crippen LogP contribution in [-0.2, 0) is 0 Å². The molecule has 1 N–H and O–H groups in total. The highest BCUT2D eigenvalue weighted by molar-refractivity contribution is 4.83. The van der Waals surface area contributed by atoms with E-state index in [-0.39, 0.29) is 0 Å². The molecule has 18 heavy (non-hydrogen) atoms. The second-order valence-corrected chi connectivity index (χ2v) is 6.05. The average Bonchev–Trinajstić information content (AvgIpc) is 2.92. The molecule has 0 heterocycles. The van der Waals surface area contributed by atoms with Gasteiger partial charge in [-0.15, -0.1) is 0 Å². The zero-order chi connectivity index (χ0) is 13.4.